The third-order valence-electron chi connectivity index (χ3n) is 4.54. The van der Waals surface area contributed by atoms with Gasteiger partial charge in [-0.1, -0.05) is 18.2 Å². The van der Waals surface area contributed by atoms with Crippen LogP contribution in [0.4, 0.5) is 0 Å². The van der Waals surface area contributed by atoms with Crippen LogP contribution >= 0.6 is 0 Å². The standard InChI is InChI=1S/C15H22N2O/c1-17-12-6-7-13(17)9-14(8-12)18-15-5-3-2-4-11(15)10-16/h2-5,12-14H,6-10,16H2,1H3/t12-,13+,14?. The van der Waals surface area contributed by atoms with Crippen molar-refractivity contribution in [2.45, 2.75) is 50.4 Å². The molecular weight excluding hydrogens is 224 g/mol. The van der Waals surface area contributed by atoms with E-state index in [1.54, 1.807) is 0 Å². The maximum Gasteiger partial charge on any atom is 0.124 e. The summed E-state index contributed by atoms with van der Waals surface area (Å²) in [4.78, 5) is 2.54. The number of ether oxygens (including phenoxy) is 1. The lowest BCUT2D eigenvalue weighted by molar-refractivity contribution is 0.0655. The Labute approximate surface area is 109 Å². The third kappa shape index (κ3) is 2.13. The third-order valence-corrected chi connectivity index (χ3v) is 4.54. The van der Waals surface area contributed by atoms with Crippen LogP contribution in [0.3, 0.4) is 0 Å². The maximum absolute atomic E-state index is 6.20. The molecule has 2 saturated heterocycles. The Balaban J connectivity index is 1.70. The fourth-order valence-electron chi connectivity index (χ4n) is 3.42. The number of rotatable bonds is 3. The van der Waals surface area contributed by atoms with Gasteiger partial charge in [0.1, 0.15) is 11.9 Å². The first-order valence-corrected chi connectivity index (χ1v) is 6.94. The summed E-state index contributed by atoms with van der Waals surface area (Å²) in [7, 11) is 2.26. The molecule has 2 bridgehead atoms. The van der Waals surface area contributed by atoms with Gasteiger partial charge in [0, 0.05) is 24.2 Å². The van der Waals surface area contributed by atoms with Crippen LogP contribution in [0.15, 0.2) is 24.3 Å². The molecule has 3 rings (SSSR count). The van der Waals surface area contributed by atoms with Gasteiger partial charge >= 0.3 is 0 Å². The fourth-order valence-corrected chi connectivity index (χ4v) is 3.42. The van der Waals surface area contributed by atoms with E-state index >= 15 is 0 Å². The first-order valence-electron chi connectivity index (χ1n) is 6.94. The Morgan fingerprint density at radius 2 is 1.89 bits per heavy atom. The second kappa shape index (κ2) is 4.90. The Hall–Kier alpha value is -1.06. The lowest BCUT2D eigenvalue weighted by Gasteiger charge is -2.36. The van der Waals surface area contributed by atoms with Crippen LogP contribution in [0.5, 0.6) is 5.75 Å². The lowest BCUT2D eigenvalue weighted by atomic mass is 10.0. The van der Waals surface area contributed by atoms with E-state index in [4.69, 9.17) is 10.5 Å². The van der Waals surface area contributed by atoms with Gasteiger partial charge in [0.15, 0.2) is 0 Å². The molecule has 0 radical (unpaired) electrons. The number of hydrogen-bond acceptors (Lipinski definition) is 3. The van der Waals surface area contributed by atoms with Crippen LogP contribution in [-0.4, -0.2) is 30.1 Å². The number of nitrogens with zero attached hydrogens (tertiary/aromatic N) is 1. The quantitative estimate of drug-likeness (QED) is 0.888. The first kappa shape index (κ1) is 12.0. The molecule has 2 N–H and O–H groups in total. The van der Waals surface area contributed by atoms with Crippen molar-refractivity contribution in [2.75, 3.05) is 7.05 Å². The van der Waals surface area contributed by atoms with Crippen molar-refractivity contribution >= 4 is 0 Å². The number of nitrogens with two attached hydrogens (primary N) is 1. The Morgan fingerprint density at radius 1 is 1.22 bits per heavy atom. The molecule has 2 heterocycles. The average molecular weight is 246 g/mol. The molecule has 1 unspecified atom stereocenters. The molecule has 1 aromatic rings. The van der Waals surface area contributed by atoms with Crippen LogP contribution in [-0.2, 0) is 6.54 Å². The molecule has 0 aromatic heterocycles. The molecule has 98 valence electrons. The Kier molecular flexibility index (Phi) is 3.27. The number of fused-ring (bicyclic) bond motifs is 2. The van der Waals surface area contributed by atoms with Gasteiger partial charge in [-0.15, -0.1) is 0 Å². The molecule has 0 spiro atoms. The zero-order valence-electron chi connectivity index (χ0n) is 11.0. The molecule has 0 saturated carbocycles. The van der Waals surface area contributed by atoms with Crippen molar-refractivity contribution in [3.05, 3.63) is 29.8 Å². The summed E-state index contributed by atoms with van der Waals surface area (Å²) in [5.41, 5.74) is 6.87. The van der Waals surface area contributed by atoms with Crippen molar-refractivity contribution in [1.82, 2.24) is 4.90 Å². The Morgan fingerprint density at radius 3 is 2.56 bits per heavy atom. The Bertz CT molecular complexity index is 407. The van der Waals surface area contributed by atoms with Crippen molar-refractivity contribution < 1.29 is 4.74 Å². The maximum atomic E-state index is 6.20. The average Bonchev–Trinajstić information content (AvgIpc) is 2.63. The highest BCUT2D eigenvalue weighted by molar-refractivity contribution is 5.33. The van der Waals surface area contributed by atoms with E-state index in [1.807, 2.05) is 18.2 Å². The van der Waals surface area contributed by atoms with E-state index in [2.05, 4.69) is 18.0 Å². The number of benzene rings is 1. The van der Waals surface area contributed by atoms with E-state index in [-0.39, 0.29) is 0 Å². The molecule has 2 aliphatic rings. The molecule has 2 fully saturated rings. The molecule has 1 aromatic carbocycles. The molecule has 3 nitrogen and oxygen atoms in total. The summed E-state index contributed by atoms with van der Waals surface area (Å²) < 4.78 is 6.20. The molecule has 3 heteroatoms. The molecule has 3 atom stereocenters. The van der Waals surface area contributed by atoms with Crippen molar-refractivity contribution in [3.63, 3.8) is 0 Å². The summed E-state index contributed by atoms with van der Waals surface area (Å²) in [6.45, 7) is 0.551. The second-order valence-electron chi connectivity index (χ2n) is 5.57. The predicted molar refractivity (Wildman–Crippen MR) is 72.6 cm³/mol. The van der Waals surface area contributed by atoms with Gasteiger partial charge in [-0.25, -0.2) is 0 Å². The minimum atomic E-state index is 0.367. The van der Waals surface area contributed by atoms with E-state index in [1.165, 1.54) is 12.8 Å². The van der Waals surface area contributed by atoms with Crippen molar-refractivity contribution in [1.29, 1.82) is 0 Å². The molecule has 18 heavy (non-hydrogen) atoms. The minimum Gasteiger partial charge on any atom is -0.490 e. The van der Waals surface area contributed by atoms with Gasteiger partial charge in [-0.3, -0.25) is 0 Å². The number of piperidine rings is 1. The predicted octanol–water partition coefficient (Wildman–Crippen LogP) is 2.15. The topological polar surface area (TPSA) is 38.5 Å². The largest absolute Gasteiger partial charge is 0.490 e. The van der Waals surface area contributed by atoms with E-state index in [0.29, 0.717) is 12.6 Å². The molecule has 0 aliphatic carbocycles. The minimum absolute atomic E-state index is 0.367. The summed E-state index contributed by atoms with van der Waals surface area (Å²) >= 11 is 0. The van der Waals surface area contributed by atoms with E-state index in [9.17, 15) is 0 Å². The zero-order chi connectivity index (χ0) is 12.5. The van der Waals surface area contributed by atoms with Crippen molar-refractivity contribution in [2.24, 2.45) is 5.73 Å². The highest BCUT2D eigenvalue weighted by Crippen LogP contribution is 2.36. The van der Waals surface area contributed by atoms with Gasteiger partial charge in [0.2, 0.25) is 0 Å². The van der Waals surface area contributed by atoms with E-state index in [0.717, 1.165) is 36.2 Å². The van der Waals surface area contributed by atoms with Gasteiger partial charge in [-0.2, -0.15) is 0 Å². The first-order chi connectivity index (χ1) is 8.78. The smallest absolute Gasteiger partial charge is 0.124 e. The van der Waals surface area contributed by atoms with Gasteiger partial charge in [-0.05, 0) is 38.8 Å². The van der Waals surface area contributed by atoms with Crippen molar-refractivity contribution in [3.8, 4) is 5.75 Å². The highest BCUT2D eigenvalue weighted by Gasteiger charge is 2.39. The summed E-state index contributed by atoms with van der Waals surface area (Å²) in [5.74, 6) is 0.981. The van der Waals surface area contributed by atoms with Crippen LogP contribution in [0.25, 0.3) is 0 Å². The van der Waals surface area contributed by atoms with Gasteiger partial charge in [0.05, 0.1) is 0 Å². The highest BCUT2D eigenvalue weighted by atomic mass is 16.5. The summed E-state index contributed by atoms with van der Waals surface area (Å²) in [6.07, 6.45) is 5.35. The number of hydrogen-bond donors (Lipinski definition) is 1. The van der Waals surface area contributed by atoms with Crippen LogP contribution in [0, 0.1) is 0 Å². The lowest BCUT2D eigenvalue weighted by Crippen LogP contribution is -2.43. The fraction of sp³-hybridized carbons (Fsp3) is 0.600. The van der Waals surface area contributed by atoms with Crippen LogP contribution in [0.2, 0.25) is 0 Å². The van der Waals surface area contributed by atoms with Crippen LogP contribution in [0.1, 0.15) is 31.2 Å². The molecule has 2 aliphatic heterocycles. The van der Waals surface area contributed by atoms with Crippen LogP contribution < -0.4 is 10.5 Å². The second-order valence-corrected chi connectivity index (χ2v) is 5.57. The van der Waals surface area contributed by atoms with E-state index < -0.39 is 0 Å². The molecule has 0 amide bonds. The summed E-state index contributed by atoms with van der Waals surface area (Å²) in [6, 6.07) is 9.59. The normalized spacial score (nSPS) is 31.6. The SMILES string of the molecule is CN1[C@@H]2CC[C@H]1CC(Oc1ccccc1CN)C2. The summed E-state index contributed by atoms with van der Waals surface area (Å²) in [5, 5.41) is 0. The molecular formula is C15H22N2O. The van der Waals surface area contributed by atoms with Gasteiger partial charge in [0.25, 0.3) is 0 Å². The van der Waals surface area contributed by atoms with Gasteiger partial charge < -0.3 is 15.4 Å². The monoisotopic (exact) mass is 246 g/mol. The number of para-hydroxylation sites is 1. The zero-order valence-corrected chi connectivity index (χ0v) is 11.0.